The molecule has 1 aromatic heterocycles. The molecule has 7 heteroatoms. The predicted octanol–water partition coefficient (Wildman–Crippen LogP) is 2.07. The highest BCUT2D eigenvalue weighted by atomic mass is 35.5. The molecule has 1 saturated carbocycles. The van der Waals surface area contributed by atoms with E-state index in [9.17, 15) is 14.9 Å². The second-order valence-corrected chi connectivity index (χ2v) is 5.45. The van der Waals surface area contributed by atoms with Crippen LogP contribution in [0, 0.1) is 15.5 Å². The number of hydrogen-bond donors (Lipinski definition) is 1. The van der Waals surface area contributed by atoms with Crippen LogP contribution < -0.4 is 5.32 Å². The smallest absolute Gasteiger partial charge is 0.287 e. The van der Waals surface area contributed by atoms with Crippen molar-refractivity contribution >= 4 is 23.2 Å². The second kappa shape index (κ2) is 5.21. The number of hydrogen-bond acceptors (Lipinski definition) is 3. The van der Waals surface area contributed by atoms with Gasteiger partial charge >= 0.3 is 0 Å². The Kier molecular flexibility index (Phi) is 3.80. The molecule has 1 amide bonds. The van der Waals surface area contributed by atoms with Gasteiger partial charge in [-0.2, -0.15) is 0 Å². The molecule has 1 heterocycles. The highest BCUT2D eigenvalue weighted by Gasteiger charge is 2.41. The molecule has 1 N–H and O–H groups in total. The van der Waals surface area contributed by atoms with Crippen LogP contribution >= 0.6 is 11.6 Å². The zero-order chi connectivity index (χ0) is 14.0. The molecular weight excluding hydrogens is 270 g/mol. The lowest BCUT2D eigenvalue weighted by Gasteiger charge is -2.14. The van der Waals surface area contributed by atoms with E-state index in [0.29, 0.717) is 18.1 Å². The lowest BCUT2D eigenvalue weighted by atomic mass is 10.0. The molecule has 0 radical (unpaired) electrons. The first kappa shape index (κ1) is 13.9. The zero-order valence-electron chi connectivity index (χ0n) is 10.7. The molecule has 1 fully saturated rings. The van der Waals surface area contributed by atoms with Gasteiger partial charge in [-0.3, -0.25) is 14.9 Å². The second-order valence-electron chi connectivity index (χ2n) is 5.07. The van der Waals surface area contributed by atoms with Crippen molar-refractivity contribution in [1.29, 1.82) is 0 Å². The number of carbonyl (C=O) groups excluding carboxylic acids is 1. The van der Waals surface area contributed by atoms with E-state index in [1.165, 1.54) is 16.8 Å². The Morgan fingerprint density at radius 1 is 1.63 bits per heavy atom. The molecule has 1 aliphatic carbocycles. The summed E-state index contributed by atoms with van der Waals surface area (Å²) >= 11 is 5.73. The lowest BCUT2D eigenvalue weighted by Crippen LogP contribution is -2.31. The molecule has 0 spiro atoms. The van der Waals surface area contributed by atoms with Crippen molar-refractivity contribution in [3.05, 3.63) is 28.1 Å². The maximum absolute atomic E-state index is 12.0. The normalized spacial score (nSPS) is 16.1. The Balaban J connectivity index is 1.98. The average molecular weight is 286 g/mol. The average Bonchev–Trinajstić information content (AvgIpc) is 3.00. The summed E-state index contributed by atoms with van der Waals surface area (Å²) in [5.41, 5.74) is 0.372. The van der Waals surface area contributed by atoms with Crippen LogP contribution in [0.25, 0.3) is 0 Å². The third-order valence-electron chi connectivity index (χ3n) is 3.64. The molecule has 6 nitrogen and oxygen atoms in total. The molecule has 0 aromatic carbocycles. The molecule has 0 bridgehead atoms. The first-order valence-corrected chi connectivity index (χ1v) is 6.66. The van der Waals surface area contributed by atoms with Gasteiger partial charge in [0.05, 0.1) is 11.1 Å². The van der Waals surface area contributed by atoms with Gasteiger partial charge in [0.15, 0.2) is 0 Å². The largest absolute Gasteiger partial charge is 0.350 e. The van der Waals surface area contributed by atoms with Gasteiger partial charge in [-0.25, -0.2) is 0 Å². The van der Waals surface area contributed by atoms with Crippen molar-refractivity contribution in [3.63, 3.8) is 0 Å². The number of nitrogens with zero attached hydrogens (tertiary/aromatic N) is 2. The zero-order valence-corrected chi connectivity index (χ0v) is 11.4. The van der Waals surface area contributed by atoms with Crippen molar-refractivity contribution < 1.29 is 9.72 Å². The molecule has 0 unspecified atom stereocenters. The van der Waals surface area contributed by atoms with E-state index in [2.05, 4.69) is 5.32 Å². The Hall–Kier alpha value is -1.56. The van der Waals surface area contributed by atoms with Gasteiger partial charge in [0.1, 0.15) is 5.69 Å². The summed E-state index contributed by atoms with van der Waals surface area (Å²) in [6, 6.07) is 1.29. The van der Waals surface area contributed by atoms with Crippen molar-refractivity contribution in [1.82, 2.24) is 9.88 Å². The molecule has 19 heavy (non-hydrogen) atoms. The summed E-state index contributed by atoms with van der Waals surface area (Å²) in [7, 11) is 1.62. The van der Waals surface area contributed by atoms with Crippen LogP contribution in [0.4, 0.5) is 5.69 Å². The van der Waals surface area contributed by atoms with Crippen molar-refractivity contribution in [2.24, 2.45) is 12.5 Å². The maximum Gasteiger partial charge on any atom is 0.287 e. The monoisotopic (exact) mass is 285 g/mol. The van der Waals surface area contributed by atoms with Gasteiger partial charge < -0.3 is 9.88 Å². The Bertz CT molecular complexity index is 508. The molecule has 1 aliphatic rings. The van der Waals surface area contributed by atoms with Crippen molar-refractivity contribution in [2.45, 2.75) is 19.3 Å². The highest BCUT2D eigenvalue weighted by Crippen LogP contribution is 2.48. The quantitative estimate of drug-likeness (QED) is 0.494. The Morgan fingerprint density at radius 2 is 2.32 bits per heavy atom. The fourth-order valence-electron chi connectivity index (χ4n) is 2.12. The van der Waals surface area contributed by atoms with E-state index < -0.39 is 4.92 Å². The summed E-state index contributed by atoms with van der Waals surface area (Å²) in [6.07, 6.45) is 4.38. The van der Waals surface area contributed by atoms with Crippen molar-refractivity contribution in [3.8, 4) is 0 Å². The molecule has 0 aliphatic heterocycles. The number of alkyl halides is 1. The highest BCUT2D eigenvalue weighted by molar-refractivity contribution is 6.17. The lowest BCUT2D eigenvalue weighted by molar-refractivity contribution is -0.384. The molecular formula is C12H16ClN3O3. The summed E-state index contributed by atoms with van der Waals surface area (Å²) in [4.78, 5) is 22.1. The molecule has 1 aromatic rings. The Morgan fingerprint density at radius 3 is 2.79 bits per heavy atom. The minimum absolute atomic E-state index is 0.0745. The van der Waals surface area contributed by atoms with Crippen LogP contribution in [0.2, 0.25) is 0 Å². The first-order valence-electron chi connectivity index (χ1n) is 6.12. The van der Waals surface area contributed by atoms with Gasteiger partial charge in [0, 0.05) is 25.5 Å². The summed E-state index contributed by atoms with van der Waals surface area (Å²) in [5, 5.41) is 13.5. The van der Waals surface area contributed by atoms with E-state index in [1.807, 2.05) is 0 Å². The third-order valence-corrected chi connectivity index (χ3v) is 3.83. The number of rotatable bonds is 6. The van der Waals surface area contributed by atoms with E-state index in [4.69, 9.17) is 11.6 Å². The van der Waals surface area contributed by atoms with Crippen LogP contribution in [0.1, 0.15) is 29.8 Å². The number of aromatic nitrogens is 1. The standard InChI is InChI=1S/C12H16ClN3O3/c1-15-7-9(16(18)19)6-10(15)11(17)14-8-12(2-3-12)4-5-13/h6-7H,2-5,8H2,1H3,(H,14,17). The molecule has 2 rings (SSSR count). The topological polar surface area (TPSA) is 77.2 Å². The fourth-order valence-corrected chi connectivity index (χ4v) is 2.52. The number of halogens is 1. The minimum atomic E-state index is -0.507. The predicted molar refractivity (Wildman–Crippen MR) is 71.4 cm³/mol. The SMILES string of the molecule is Cn1cc([N+](=O)[O-])cc1C(=O)NCC1(CCCl)CC1. The summed E-state index contributed by atoms with van der Waals surface area (Å²) in [5.74, 6) is 0.308. The molecule has 0 saturated heterocycles. The molecule has 0 atom stereocenters. The van der Waals surface area contributed by atoms with E-state index in [1.54, 1.807) is 7.05 Å². The van der Waals surface area contributed by atoms with Crippen LogP contribution in [-0.2, 0) is 7.05 Å². The van der Waals surface area contributed by atoms with Gasteiger partial charge in [-0.05, 0) is 24.7 Å². The van der Waals surface area contributed by atoms with E-state index in [-0.39, 0.29) is 17.0 Å². The van der Waals surface area contributed by atoms with Gasteiger partial charge in [-0.15, -0.1) is 11.6 Å². The van der Waals surface area contributed by atoms with Crippen LogP contribution in [0.5, 0.6) is 0 Å². The number of nitro groups is 1. The number of aryl methyl sites for hydroxylation is 1. The van der Waals surface area contributed by atoms with Crippen LogP contribution in [0.3, 0.4) is 0 Å². The van der Waals surface area contributed by atoms with E-state index in [0.717, 1.165) is 19.3 Å². The van der Waals surface area contributed by atoms with Crippen molar-refractivity contribution in [2.75, 3.05) is 12.4 Å². The number of amides is 1. The summed E-state index contributed by atoms with van der Waals surface area (Å²) < 4.78 is 1.47. The first-order chi connectivity index (χ1) is 8.97. The maximum atomic E-state index is 12.0. The van der Waals surface area contributed by atoms with Gasteiger partial charge in [0.25, 0.3) is 11.6 Å². The minimum Gasteiger partial charge on any atom is -0.350 e. The van der Waals surface area contributed by atoms with Gasteiger partial charge in [-0.1, -0.05) is 0 Å². The number of nitrogens with one attached hydrogen (secondary N) is 1. The van der Waals surface area contributed by atoms with Crippen LogP contribution in [-0.4, -0.2) is 27.8 Å². The molecule has 104 valence electrons. The van der Waals surface area contributed by atoms with E-state index >= 15 is 0 Å². The number of carbonyl (C=O) groups is 1. The Labute approximate surface area is 115 Å². The van der Waals surface area contributed by atoms with Gasteiger partial charge in [0.2, 0.25) is 0 Å². The summed E-state index contributed by atoms with van der Waals surface area (Å²) in [6.45, 7) is 0.581. The van der Waals surface area contributed by atoms with Crippen LogP contribution in [0.15, 0.2) is 12.3 Å². The third kappa shape index (κ3) is 3.07. The fraction of sp³-hybridized carbons (Fsp3) is 0.583.